The van der Waals surface area contributed by atoms with Crippen LogP contribution in [0.1, 0.15) is 18.1 Å². The van der Waals surface area contributed by atoms with Crippen molar-refractivity contribution in [1.82, 2.24) is 0 Å². The molecule has 0 bridgehead atoms. The zero-order valence-electron chi connectivity index (χ0n) is 17.8. The number of anilines is 1. The SMILES string of the molecule is COc1cc2occ(-c3ccc(F)cc3)c2cc1/C(C)=C/C(=O)Nc1ccc(C)c(F)c1. The molecule has 0 spiro atoms. The number of nitrogens with one attached hydrogen (secondary N) is 1. The van der Waals surface area contributed by atoms with Crippen LogP contribution in [0.3, 0.4) is 0 Å². The first-order chi connectivity index (χ1) is 15.4. The van der Waals surface area contributed by atoms with Gasteiger partial charge in [0.2, 0.25) is 5.91 Å². The van der Waals surface area contributed by atoms with Crippen molar-refractivity contribution in [2.75, 3.05) is 12.4 Å². The van der Waals surface area contributed by atoms with E-state index in [9.17, 15) is 13.6 Å². The summed E-state index contributed by atoms with van der Waals surface area (Å²) in [7, 11) is 1.54. The molecule has 0 aliphatic carbocycles. The Hall–Kier alpha value is -3.93. The number of benzene rings is 3. The van der Waals surface area contributed by atoms with Gasteiger partial charge in [-0.05, 0) is 60.9 Å². The van der Waals surface area contributed by atoms with Crippen molar-refractivity contribution in [2.45, 2.75) is 13.8 Å². The topological polar surface area (TPSA) is 51.5 Å². The second-order valence-corrected chi connectivity index (χ2v) is 7.49. The van der Waals surface area contributed by atoms with E-state index >= 15 is 0 Å². The van der Waals surface area contributed by atoms with E-state index in [0.717, 1.165) is 16.5 Å². The van der Waals surface area contributed by atoms with Gasteiger partial charge in [0.1, 0.15) is 23.0 Å². The standard InChI is InChI=1S/C26H21F2NO3/c1-15-4-9-19(11-23(15)28)29-26(30)10-16(2)20-12-21-22(17-5-7-18(27)8-6-17)14-32-25(21)13-24(20)31-3/h4-14H,1-3H3,(H,29,30)/b16-10+. The van der Waals surface area contributed by atoms with Crippen molar-refractivity contribution in [1.29, 1.82) is 0 Å². The minimum absolute atomic E-state index is 0.317. The molecular weight excluding hydrogens is 412 g/mol. The van der Waals surface area contributed by atoms with Crippen molar-refractivity contribution >= 4 is 28.1 Å². The highest BCUT2D eigenvalue weighted by molar-refractivity contribution is 6.05. The second-order valence-electron chi connectivity index (χ2n) is 7.49. The summed E-state index contributed by atoms with van der Waals surface area (Å²) in [4.78, 5) is 12.5. The Bertz CT molecular complexity index is 1340. The summed E-state index contributed by atoms with van der Waals surface area (Å²) in [5.41, 5.74) is 4.45. The maximum Gasteiger partial charge on any atom is 0.248 e. The van der Waals surface area contributed by atoms with Gasteiger partial charge in [0.25, 0.3) is 0 Å². The molecule has 0 radical (unpaired) electrons. The van der Waals surface area contributed by atoms with Crippen LogP contribution in [0.4, 0.5) is 14.5 Å². The summed E-state index contributed by atoms with van der Waals surface area (Å²) < 4.78 is 38.3. The van der Waals surface area contributed by atoms with Gasteiger partial charge in [-0.15, -0.1) is 0 Å². The second kappa shape index (κ2) is 8.67. The number of allylic oxidation sites excluding steroid dienone is 1. The first-order valence-corrected chi connectivity index (χ1v) is 9.96. The maximum absolute atomic E-state index is 13.8. The fourth-order valence-corrected chi connectivity index (χ4v) is 3.51. The van der Waals surface area contributed by atoms with Crippen molar-refractivity contribution in [3.63, 3.8) is 0 Å². The van der Waals surface area contributed by atoms with Gasteiger partial charge < -0.3 is 14.5 Å². The summed E-state index contributed by atoms with van der Waals surface area (Å²) in [6.45, 7) is 3.44. The maximum atomic E-state index is 13.8. The summed E-state index contributed by atoms with van der Waals surface area (Å²) >= 11 is 0. The Balaban J connectivity index is 1.69. The number of furan rings is 1. The Morgan fingerprint density at radius 2 is 1.81 bits per heavy atom. The lowest BCUT2D eigenvalue weighted by molar-refractivity contribution is -0.111. The summed E-state index contributed by atoms with van der Waals surface area (Å²) in [5.74, 6) is -0.551. The molecule has 0 fully saturated rings. The van der Waals surface area contributed by atoms with Crippen molar-refractivity contribution in [3.8, 4) is 16.9 Å². The van der Waals surface area contributed by atoms with E-state index in [1.807, 2.05) is 6.07 Å². The van der Waals surface area contributed by atoms with Gasteiger partial charge in [0.05, 0.1) is 13.4 Å². The number of halogens is 2. The van der Waals surface area contributed by atoms with Gasteiger partial charge in [0.15, 0.2) is 0 Å². The lowest BCUT2D eigenvalue weighted by Gasteiger charge is -2.10. The largest absolute Gasteiger partial charge is 0.496 e. The number of carbonyl (C=O) groups excluding carboxylic acids is 1. The quantitative estimate of drug-likeness (QED) is 0.355. The van der Waals surface area contributed by atoms with Gasteiger partial charge in [0, 0.05) is 34.3 Å². The van der Waals surface area contributed by atoms with Crippen LogP contribution in [-0.2, 0) is 4.79 Å². The molecule has 32 heavy (non-hydrogen) atoms. The fourth-order valence-electron chi connectivity index (χ4n) is 3.51. The summed E-state index contributed by atoms with van der Waals surface area (Å²) in [6.07, 6.45) is 3.04. The molecule has 6 heteroatoms. The van der Waals surface area contributed by atoms with Crippen molar-refractivity contribution in [2.24, 2.45) is 0 Å². The number of rotatable bonds is 5. The minimum atomic E-state index is -0.390. The number of aryl methyl sites for hydroxylation is 1. The highest BCUT2D eigenvalue weighted by atomic mass is 19.1. The van der Waals surface area contributed by atoms with E-state index in [1.165, 1.54) is 31.4 Å². The number of carbonyl (C=O) groups is 1. The lowest BCUT2D eigenvalue weighted by Crippen LogP contribution is -2.09. The molecule has 3 aromatic carbocycles. The van der Waals surface area contributed by atoms with Gasteiger partial charge >= 0.3 is 0 Å². The van der Waals surface area contributed by atoms with E-state index in [1.54, 1.807) is 50.4 Å². The third-order valence-corrected chi connectivity index (χ3v) is 5.26. The molecule has 162 valence electrons. The normalized spacial score (nSPS) is 11.6. The van der Waals surface area contributed by atoms with Crippen LogP contribution in [0.25, 0.3) is 27.7 Å². The van der Waals surface area contributed by atoms with Gasteiger partial charge in [-0.3, -0.25) is 4.79 Å². The lowest BCUT2D eigenvalue weighted by atomic mass is 9.99. The average molecular weight is 433 g/mol. The predicted octanol–water partition coefficient (Wildman–Crippen LogP) is 6.74. The number of amides is 1. The molecule has 4 rings (SSSR count). The Morgan fingerprint density at radius 3 is 2.50 bits per heavy atom. The number of methoxy groups -OCH3 is 1. The van der Waals surface area contributed by atoms with Crippen LogP contribution < -0.4 is 10.1 Å². The van der Waals surface area contributed by atoms with Crippen LogP contribution >= 0.6 is 0 Å². The Kier molecular flexibility index (Phi) is 5.77. The monoisotopic (exact) mass is 433 g/mol. The molecule has 0 saturated heterocycles. The van der Waals surface area contributed by atoms with E-state index in [0.29, 0.717) is 33.7 Å². The minimum Gasteiger partial charge on any atom is -0.496 e. The first-order valence-electron chi connectivity index (χ1n) is 9.96. The summed E-state index contributed by atoms with van der Waals surface area (Å²) in [6, 6.07) is 14.3. The molecule has 1 N–H and O–H groups in total. The highest BCUT2D eigenvalue weighted by Crippen LogP contribution is 2.37. The van der Waals surface area contributed by atoms with E-state index in [-0.39, 0.29) is 17.5 Å². The number of hydrogen-bond acceptors (Lipinski definition) is 3. The molecule has 4 nitrogen and oxygen atoms in total. The van der Waals surface area contributed by atoms with Crippen LogP contribution in [0, 0.1) is 18.6 Å². The van der Waals surface area contributed by atoms with Crippen LogP contribution in [0.2, 0.25) is 0 Å². The molecule has 4 aromatic rings. The van der Waals surface area contributed by atoms with Crippen LogP contribution in [-0.4, -0.2) is 13.0 Å². The van der Waals surface area contributed by atoms with E-state index in [4.69, 9.17) is 9.15 Å². The molecule has 0 aliphatic heterocycles. The number of hydrogen-bond donors (Lipinski definition) is 1. The number of fused-ring (bicyclic) bond motifs is 1. The highest BCUT2D eigenvalue weighted by Gasteiger charge is 2.15. The number of ether oxygens (including phenoxy) is 1. The molecule has 1 amide bonds. The molecule has 0 saturated carbocycles. The zero-order chi connectivity index (χ0) is 22.8. The van der Waals surface area contributed by atoms with Gasteiger partial charge in [-0.1, -0.05) is 18.2 Å². The van der Waals surface area contributed by atoms with Gasteiger partial charge in [-0.25, -0.2) is 8.78 Å². The van der Waals surface area contributed by atoms with Crippen molar-refractivity contribution in [3.05, 3.63) is 89.7 Å². The molecule has 1 aromatic heterocycles. The predicted molar refractivity (Wildman–Crippen MR) is 122 cm³/mol. The fraction of sp³-hybridized carbons (Fsp3) is 0.115. The van der Waals surface area contributed by atoms with Crippen LogP contribution in [0.5, 0.6) is 5.75 Å². The van der Waals surface area contributed by atoms with Gasteiger partial charge in [-0.2, -0.15) is 0 Å². The summed E-state index contributed by atoms with van der Waals surface area (Å²) in [5, 5.41) is 3.48. The Morgan fingerprint density at radius 1 is 1.06 bits per heavy atom. The molecule has 1 heterocycles. The van der Waals surface area contributed by atoms with Crippen LogP contribution in [0.15, 0.2) is 71.4 Å². The zero-order valence-corrected chi connectivity index (χ0v) is 17.8. The third kappa shape index (κ3) is 4.25. The first kappa shape index (κ1) is 21.3. The smallest absolute Gasteiger partial charge is 0.248 e. The Labute approximate surface area is 184 Å². The van der Waals surface area contributed by atoms with E-state index < -0.39 is 0 Å². The third-order valence-electron chi connectivity index (χ3n) is 5.26. The van der Waals surface area contributed by atoms with E-state index in [2.05, 4.69) is 5.32 Å². The molecule has 0 aliphatic rings. The molecular formula is C26H21F2NO3. The average Bonchev–Trinajstić information content (AvgIpc) is 3.18. The molecule has 0 unspecified atom stereocenters. The van der Waals surface area contributed by atoms with Crippen molar-refractivity contribution < 1.29 is 22.7 Å². The molecule has 0 atom stereocenters.